The van der Waals surface area contributed by atoms with E-state index in [0.29, 0.717) is 6.04 Å². The first kappa shape index (κ1) is 13.8. The highest BCUT2D eigenvalue weighted by atomic mass is 32.1. The standard InChI is InChI=1S/C10H16N2OS.CO2/c1-3-9-7-14-10(11-9)12-4-5-13-6-8(12)2;2-1-3/h7-8H,3-6H2,1-2H3;/t8-;/m0./s1. The molecule has 0 unspecified atom stereocenters. The van der Waals surface area contributed by atoms with Crippen LogP contribution in [0.5, 0.6) is 0 Å². The number of aryl methyl sites for hydroxylation is 1. The zero-order valence-electron chi connectivity index (χ0n) is 10.0. The van der Waals surface area contributed by atoms with Crippen molar-refractivity contribution in [3.05, 3.63) is 11.1 Å². The van der Waals surface area contributed by atoms with Gasteiger partial charge in [-0.2, -0.15) is 9.59 Å². The summed E-state index contributed by atoms with van der Waals surface area (Å²) in [6, 6.07) is 0.458. The second-order valence-corrected chi connectivity index (χ2v) is 4.51. The largest absolute Gasteiger partial charge is 0.377 e. The molecular formula is C11H16N2O3S. The van der Waals surface area contributed by atoms with Crippen molar-refractivity contribution in [1.29, 1.82) is 0 Å². The fourth-order valence-electron chi connectivity index (χ4n) is 1.60. The molecular weight excluding hydrogens is 240 g/mol. The molecule has 0 amide bonds. The summed E-state index contributed by atoms with van der Waals surface area (Å²) < 4.78 is 5.40. The number of carbonyl (C=O) groups excluding carboxylic acids is 2. The fourth-order valence-corrected chi connectivity index (χ4v) is 2.64. The minimum atomic E-state index is 0.250. The molecule has 0 aromatic carbocycles. The Morgan fingerprint density at radius 2 is 2.35 bits per heavy atom. The number of morpholine rings is 1. The number of ether oxygens (including phenoxy) is 1. The monoisotopic (exact) mass is 256 g/mol. The SMILES string of the molecule is CCc1csc(N2CCOC[C@@H]2C)n1.O=C=O. The molecule has 0 radical (unpaired) electrons. The van der Waals surface area contributed by atoms with Gasteiger partial charge in [-0.15, -0.1) is 11.3 Å². The highest BCUT2D eigenvalue weighted by Gasteiger charge is 2.21. The van der Waals surface area contributed by atoms with Crippen LogP contribution in [0.2, 0.25) is 0 Å². The van der Waals surface area contributed by atoms with Gasteiger partial charge in [-0.05, 0) is 13.3 Å². The van der Waals surface area contributed by atoms with Crippen LogP contribution in [0.1, 0.15) is 19.5 Å². The van der Waals surface area contributed by atoms with Gasteiger partial charge in [0, 0.05) is 11.9 Å². The molecule has 0 aliphatic carbocycles. The zero-order chi connectivity index (χ0) is 12.7. The Morgan fingerprint density at radius 1 is 1.65 bits per heavy atom. The van der Waals surface area contributed by atoms with Crippen molar-refractivity contribution in [1.82, 2.24) is 4.98 Å². The topological polar surface area (TPSA) is 59.5 Å². The van der Waals surface area contributed by atoms with Crippen molar-refractivity contribution in [2.45, 2.75) is 26.3 Å². The van der Waals surface area contributed by atoms with Crippen LogP contribution in [0, 0.1) is 0 Å². The Labute approximate surface area is 104 Å². The van der Waals surface area contributed by atoms with E-state index >= 15 is 0 Å². The molecule has 0 bridgehead atoms. The number of rotatable bonds is 2. The molecule has 1 aromatic heterocycles. The average molecular weight is 256 g/mol. The maximum atomic E-state index is 8.12. The molecule has 17 heavy (non-hydrogen) atoms. The molecule has 1 aliphatic heterocycles. The zero-order valence-corrected chi connectivity index (χ0v) is 10.8. The Bertz CT molecular complexity index is 375. The predicted octanol–water partition coefficient (Wildman–Crippen LogP) is 1.35. The van der Waals surface area contributed by atoms with Crippen LogP contribution < -0.4 is 4.90 Å². The predicted molar refractivity (Wildman–Crippen MR) is 64.1 cm³/mol. The quantitative estimate of drug-likeness (QED) is 0.799. The summed E-state index contributed by atoms with van der Waals surface area (Å²) >= 11 is 1.74. The second-order valence-electron chi connectivity index (χ2n) is 3.68. The summed E-state index contributed by atoms with van der Waals surface area (Å²) in [5, 5.41) is 3.30. The third-order valence-corrected chi connectivity index (χ3v) is 3.44. The summed E-state index contributed by atoms with van der Waals surface area (Å²) in [6.07, 6.45) is 1.27. The first-order valence-electron chi connectivity index (χ1n) is 5.51. The smallest absolute Gasteiger partial charge is 0.373 e. The Morgan fingerprint density at radius 3 is 2.88 bits per heavy atom. The summed E-state index contributed by atoms with van der Waals surface area (Å²) in [4.78, 5) is 23.2. The van der Waals surface area contributed by atoms with Gasteiger partial charge in [0.25, 0.3) is 0 Å². The van der Waals surface area contributed by atoms with E-state index < -0.39 is 0 Å². The van der Waals surface area contributed by atoms with Gasteiger partial charge in [0.15, 0.2) is 5.13 Å². The fraction of sp³-hybridized carbons (Fsp3) is 0.636. The van der Waals surface area contributed by atoms with Crippen LogP contribution in [0.4, 0.5) is 5.13 Å². The maximum Gasteiger partial charge on any atom is 0.373 e. The Balaban J connectivity index is 0.000000437. The molecule has 1 fully saturated rings. The lowest BCUT2D eigenvalue weighted by molar-refractivity contribution is -0.191. The number of hydrogen-bond donors (Lipinski definition) is 0. The molecule has 1 aliphatic rings. The lowest BCUT2D eigenvalue weighted by Gasteiger charge is -2.32. The average Bonchev–Trinajstić information content (AvgIpc) is 2.79. The summed E-state index contributed by atoms with van der Waals surface area (Å²) in [6.45, 7) is 6.94. The van der Waals surface area contributed by atoms with E-state index in [0.717, 1.165) is 31.3 Å². The molecule has 0 spiro atoms. The lowest BCUT2D eigenvalue weighted by Crippen LogP contribution is -2.43. The van der Waals surface area contributed by atoms with Gasteiger partial charge >= 0.3 is 6.15 Å². The van der Waals surface area contributed by atoms with E-state index in [1.807, 2.05) is 0 Å². The van der Waals surface area contributed by atoms with Gasteiger partial charge in [0.05, 0.1) is 24.9 Å². The van der Waals surface area contributed by atoms with Gasteiger partial charge < -0.3 is 9.64 Å². The van der Waals surface area contributed by atoms with Crippen LogP contribution in [0.25, 0.3) is 0 Å². The molecule has 6 heteroatoms. The lowest BCUT2D eigenvalue weighted by atomic mass is 10.3. The number of hydrogen-bond acceptors (Lipinski definition) is 6. The summed E-state index contributed by atoms with van der Waals surface area (Å²) in [5.41, 5.74) is 1.20. The number of thiazole rings is 1. The van der Waals surface area contributed by atoms with Crippen molar-refractivity contribution >= 4 is 22.6 Å². The van der Waals surface area contributed by atoms with Crippen molar-refractivity contribution in [3.8, 4) is 0 Å². The van der Waals surface area contributed by atoms with E-state index in [4.69, 9.17) is 14.3 Å². The van der Waals surface area contributed by atoms with Gasteiger partial charge in [-0.25, -0.2) is 4.98 Å². The highest BCUT2D eigenvalue weighted by molar-refractivity contribution is 7.13. The van der Waals surface area contributed by atoms with Crippen LogP contribution >= 0.6 is 11.3 Å². The van der Waals surface area contributed by atoms with Crippen molar-refractivity contribution < 1.29 is 14.3 Å². The van der Waals surface area contributed by atoms with Gasteiger partial charge in [0.2, 0.25) is 0 Å². The van der Waals surface area contributed by atoms with Gasteiger partial charge in [0.1, 0.15) is 0 Å². The van der Waals surface area contributed by atoms with Crippen LogP contribution in [-0.2, 0) is 20.7 Å². The van der Waals surface area contributed by atoms with E-state index in [1.54, 1.807) is 11.3 Å². The summed E-state index contributed by atoms with van der Waals surface area (Å²) in [7, 11) is 0. The normalized spacial score (nSPS) is 19.2. The molecule has 0 N–H and O–H groups in total. The number of anilines is 1. The maximum absolute atomic E-state index is 8.12. The Hall–Kier alpha value is -1.23. The Kier molecular flexibility index (Phi) is 5.83. The first-order chi connectivity index (χ1) is 8.22. The van der Waals surface area contributed by atoms with Crippen LogP contribution in [0.15, 0.2) is 5.38 Å². The van der Waals surface area contributed by atoms with Gasteiger partial charge in [-0.1, -0.05) is 6.92 Å². The third-order valence-electron chi connectivity index (χ3n) is 2.52. The minimum Gasteiger partial charge on any atom is -0.377 e. The molecule has 1 aromatic rings. The minimum absolute atomic E-state index is 0.250. The molecule has 5 nitrogen and oxygen atoms in total. The van der Waals surface area contributed by atoms with Gasteiger partial charge in [-0.3, -0.25) is 0 Å². The van der Waals surface area contributed by atoms with Crippen LogP contribution in [-0.4, -0.2) is 36.9 Å². The molecule has 2 heterocycles. The van der Waals surface area contributed by atoms with Crippen molar-refractivity contribution in [3.63, 3.8) is 0 Å². The van der Waals surface area contributed by atoms with E-state index in [2.05, 4.69) is 29.1 Å². The molecule has 1 saturated heterocycles. The molecule has 2 rings (SSSR count). The molecule has 1 atom stereocenters. The number of nitrogens with zero attached hydrogens (tertiary/aromatic N) is 2. The molecule has 0 saturated carbocycles. The van der Waals surface area contributed by atoms with Crippen molar-refractivity contribution in [2.75, 3.05) is 24.7 Å². The third kappa shape index (κ3) is 3.93. The van der Waals surface area contributed by atoms with Crippen LogP contribution in [0.3, 0.4) is 0 Å². The van der Waals surface area contributed by atoms with E-state index in [9.17, 15) is 0 Å². The molecule has 94 valence electrons. The first-order valence-corrected chi connectivity index (χ1v) is 6.39. The summed E-state index contributed by atoms with van der Waals surface area (Å²) in [5.74, 6) is 0. The van der Waals surface area contributed by atoms with Crippen molar-refractivity contribution in [2.24, 2.45) is 0 Å². The second kappa shape index (κ2) is 7.17. The number of aromatic nitrogens is 1. The highest BCUT2D eigenvalue weighted by Crippen LogP contribution is 2.24. The van der Waals surface area contributed by atoms with E-state index in [1.165, 1.54) is 5.69 Å². The van der Waals surface area contributed by atoms with E-state index in [-0.39, 0.29) is 6.15 Å².